The molecule has 1 saturated heterocycles. The van der Waals surface area contributed by atoms with Gasteiger partial charge in [0.1, 0.15) is 0 Å². The lowest BCUT2D eigenvalue weighted by molar-refractivity contribution is 0.0467. The summed E-state index contributed by atoms with van der Waals surface area (Å²) in [5, 5.41) is 3.73. The number of nitrogens with one attached hydrogen (secondary N) is 1. The molecule has 0 bridgehead atoms. The molecule has 2 rings (SSSR count). The zero-order valence-corrected chi connectivity index (χ0v) is 14.5. The Bertz CT molecular complexity index is 285. The minimum atomic E-state index is 0.525. The third kappa shape index (κ3) is 5.54. The van der Waals surface area contributed by atoms with Crippen molar-refractivity contribution >= 4 is 0 Å². The predicted octanol–water partition coefficient (Wildman–Crippen LogP) is 3.29. The highest BCUT2D eigenvalue weighted by Gasteiger charge is 2.35. The van der Waals surface area contributed by atoms with Gasteiger partial charge < -0.3 is 15.0 Å². The average molecular weight is 296 g/mol. The summed E-state index contributed by atoms with van der Waals surface area (Å²) in [7, 11) is 1.84. The van der Waals surface area contributed by atoms with Gasteiger partial charge >= 0.3 is 0 Å². The SMILES string of the molecule is COCC1CCCN(CC2(CNC(C)C)CCCCC2)C1. The van der Waals surface area contributed by atoms with E-state index in [1.54, 1.807) is 0 Å². The minimum Gasteiger partial charge on any atom is -0.384 e. The first-order valence-electron chi connectivity index (χ1n) is 9.08. The maximum absolute atomic E-state index is 5.38. The Hall–Kier alpha value is -0.120. The van der Waals surface area contributed by atoms with E-state index < -0.39 is 0 Å². The lowest BCUT2D eigenvalue weighted by atomic mass is 9.73. The molecule has 0 radical (unpaired) electrons. The van der Waals surface area contributed by atoms with Gasteiger partial charge in [-0.1, -0.05) is 33.1 Å². The molecule has 0 spiro atoms. The van der Waals surface area contributed by atoms with Crippen molar-refractivity contribution in [3.63, 3.8) is 0 Å². The van der Waals surface area contributed by atoms with Crippen molar-refractivity contribution in [1.82, 2.24) is 10.2 Å². The van der Waals surface area contributed by atoms with Gasteiger partial charge in [-0.3, -0.25) is 0 Å². The lowest BCUT2D eigenvalue weighted by Gasteiger charge is -2.44. The van der Waals surface area contributed by atoms with Gasteiger partial charge in [-0.25, -0.2) is 0 Å². The van der Waals surface area contributed by atoms with Crippen LogP contribution in [0, 0.1) is 11.3 Å². The number of likely N-dealkylation sites (tertiary alicyclic amines) is 1. The smallest absolute Gasteiger partial charge is 0.0502 e. The number of hydrogen-bond donors (Lipinski definition) is 1. The van der Waals surface area contributed by atoms with Gasteiger partial charge in [0, 0.05) is 32.8 Å². The molecule has 1 N–H and O–H groups in total. The van der Waals surface area contributed by atoms with Crippen molar-refractivity contribution < 1.29 is 4.74 Å². The van der Waals surface area contributed by atoms with Crippen LogP contribution in [-0.4, -0.2) is 50.8 Å². The number of hydrogen-bond acceptors (Lipinski definition) is 3. The Balaban J connectivity index is 1.90. The number of nitrogens with zero attached hydrogens (tertiary/aromatic N) is 1. The van der Waals surface area contributed by atoms with Crippen molar-refractivity contribution in [2.75, 3.05) is 39.9 Å². The fourth-order valence-corrected chi connectivity index (χ4v) is 4.25. The summed E-state index contributed by atoms with van der Waals surface area (Å²) in [4.78, 5) is 2.74. The van der Waals surface area contributed by atoms with E-state index in [2.05, 4.69) is 24.1 Å². The van der Waals surface area contributed by atoms with Crippen molar-refractivity contribution in [1.29, 1.82) is 0 Å². The summed E-state index contributed by atoms with van der Waals surface area (Å²) >= 11 is 0. The molecule has 0 aromatic heterocycles. The van der Waals surface area contributed by atoms with Crippen LogP contribution in [0.4, 0.5) is 0 Å². The number of piperidine rings is 1. The van der Waals surface area contributed by atoms with Crippen LogP contribution in [0.2, 0.25) is 0 Å². The highest BCUT2D eigenvalue weighted by atomic mass is 16.5. The monoisotopic (exact) mass is 296 g/mol. The normalized spacial score (nSPS) is 27.1. The number of rotatable bonds is 7. The summed E-state index contributed by atoms with van der Waals surface area (Å²) in [6, 6.07) is 0.603. The van der Waals surface area contributed by atoms with Gasteiger partial charge in [-0.05, 0) is 43.6 Å². The van der Waals surface area contributed by atoms with Gasteiger partial charge in [-0.15, -0.1) is 0 Å². The molecule has 3 heteroatoms. The van der Waals surface area contributed by atoms with Crippen LogP contribution in [0.3, 0.4) is 0 Å². The van der Waals surface area contributed by atoms with Gasteiger partial charge in [0.2, 0.25) is 0 Å². The summed E-state index contributed by atoms with van der Waals surface area (Å²) in [5.41, 5.74) is 0.525. The van der Waals surface area contributed by atoms with Gasteiger partial charge in [-0.2, -0.15) is 0 Å². The van der Waals surface area contributed by atoms with Crippen molar-refractivity contribution in [3.05, 3.63) is 0 Å². The van der Waals surface area contributed by atoms with E-state index in [0.29, 0.717) is 11.5 Å². The second-order valence-electron chi connectivity index (χ2n) is 7.79. The third-order valence-electron chi connectivity index (χ3n) is 5.36. The van der Waals surface area contributed by atoms with Gasteiger partial charge in [0.05, 0.1) is 6.61 Å². The Morgan fingerprint density at radius 3 is 2.62 bits per heavy atom. The Kier molecular flexibility index (Phi) is 6.97. The Morgan fingerprint density at radius 2 is 1.95 bits per heavy atom. The highest BCUT2D eigenvalue weighted by molar-refractivity contribution is 4.89. The van der Waals surface area contributed by atoms with Crippen LogP contribution in [0.5, 0.6) is 0 Å². The van der Waals surface area contributed by atoms with E-state index >= 15 is 0 Å². The maximum Gasteiger partial charge on any atom is 0.0502 e. The van der Waals surface area contributed by atoms with E-state index in [-0.39, 0.29) is 0 Å². The molecule has 124 valence electrons. The zero-order chi connectivity index (χ0) is 15.1. The molecular weight excluding hydrogens is 260 g/mol. The number of ether oxygens (including phenoxy) is 1. The average Bonchev–Trinajstić information content (AvgIpc) is 2.47. The molecule has 1 atom stereocenters. The molecular formula is C18H36N2O. The second-order valence-corrected chi connectivity index (χ2v) is 7.79. The lowest BCUT2D eigenvalue weighted by Crippen LogP contribution is -2.49. The van der Waals surface area contributed by atoms with Crippen molar-refractivity contribution in [2.24, 2.45) is 11.3 Å². The first-order chi connectivity index (χ1) is 10.1. The molecule has 0 amide bonds. The van der Waals surface area contributed by atoms with Crippen LogP contribution in [-0.2, 0) is 4.74 Å². The third-order valence-corrected chi connectivity index (χ3v) is 5.36. The first kappa shape index (κ1) is 17.2. The largest absolute Gasteiger partial charge is 0.384 e. The Morgan fingerprint density at radius 1 is 1.19 bits per heavy atom. The standard InChI is InChI=1S/C18H36N2O/c1-16(2)19-14-18(9-5-4-6-10-18)15-20-11-7-8-17(12-20)13-21-3/h16-17,19H,4-15H2,1-3H3. The molecule has 3 nitrogen and oxygen atoms in total. The molecule has 0 aromatic rings. The first-order valence-corrected chi connectivity index (χ1v) is 9.08. The van der Waals surface area contributed by atoms with Crippen LogP contribution >= 0.6 is 0 Å². The van der Waals surface area contributed by atoms with E-state index in [0.717, 1.165) is 12.5 Å². The molecule has 1 unspecified atom stereocenters. The van der Waals surface area contributed by atoms with E-state index in [1.807, 2.05) is 7.11 Å². The topological polar surface area (TPSA) is 24.5 Å². The van der Waals surface area contributed by atoms with Crippen molar-refractivity contribution in [3.8, 4) is 0 Å². The molecule has 21 heavy (non-hydrogen) atoms. The summed E-state index contributed by atoms with van der Waals surface area (Å²) in [6.07, 6.45) is 9.82. The molecule has 1 aliphatic carbocycles. The summed E-state index contributed by atoms with van der Waals surface area (Å²) in [6.45, 7) is 10.5. The van der Waals surface area contributed by atoms with Gasteiger partial charge in [0.15, 0.2) is 0 Å². The van der Waals surface area contributed by atoms with Crippen LogP contribution < -0.4 is 5.32 Å². The highest BCUT2D eigenvalue weighted by Crippen LogP contribution is 2.37. The molecule has 1 aliphatic heterocycles. The molecule has 2 fully saturated rings. The van der Waals surface area contributed by atoms with Crippen LogP contribution in [0.25, 0.3) is 0 Å². The molecule has 0 aromatic carbocycles. The number of methoxy groups -OCH3 is 1. The molecule has 2 aliphatic rings. The second kappa shape index (κ2) is 8.50. The van der Waals surface area contributed by atoms with E-state index in [9.17, 15) is 0 Å². The van der Waals surface area contributed by atoms with Gasteiger partial charge in [0.25, 0.3) is 0 Å². The fraction of sp³-hybridized carbons (Fsp3) is 1.00. The van der Waals surface area contributed by atoms with Crippen LogP contribution in [0.1, 0.15) is 58.8 Å². The predicted molar refractivity (Wildman–Crippen MR) is 89.7 cm³/mol. The fourth-order valence-electron chi connectivity index (χ4n) is 4.25. The molecule has 1 heterocycles. The summed E-state index contributed by atoms with van der Waals surface area (Å²) < 4.78 is 5.38. The van der Waals surface area contributed by atoms with E-state index in [1.165, 1.54) is 71.1 Å². The van der Waals surface area contributed by atoms with Crippen LogP contribution in [0.15, 0.2) is 0 Å². The maximum atomic E-state index is 5.38. The summed E-state index contributed by atoms with van der Waals surface area (Å²) in [5.74, 6) is 0.752. The molecule has 1 saturated carbocycles. The minimum absolute atomic E-state index is 0.525. The van der Waals surface area contributed by atoms with E-state index in [4.69, 9.17) is 4.74 Å². The Labute approximate surface area is 131 Å². The quantitative estimate of drug-likeness (QED) is 0.780. The van der Waals surface area contributed by atoms with Crippen molar-refractivity contribution in [2.45, 2.75) is 64.8 Å². The zero-order valence-electron chi connectivity index (χ0n) is 14.5.